The molecule has 0 fully saturated rings. The molecule has 0 saturated carbocycles. The van der Waals surface area contributed by atoms with E-state index in [0.29, 0.717) is 11.8 Å². The molecule has 0 bridgehead atoms. The molecule has 0 unspecified atom stereocenters. The van der Waals surface area contributed by atoms with Gasteiger partial charge in [0.15, 0.2) is 11.2 Å². The summed E-state index contributed by atoms with van der Waals surface area (Å²) in [5, 5.41) is 9.30. The maximum Gasteiger partial charge on any atom is 0.227 e. The summed E-state index contributed by atoms with van der Waals surface area (Å²) in [6.07, 6.45) is 0. The van der Waals surface area contributed by atoms with Crippen LogP contribution in [0.3, 0.4) is 0 Å². The van der Waals surface area contributed by atoms with Crippen molar-refractivity contribution in [2.45, 2.75) is 13.8 Å². The molecule has 16 aromatic carbocycles. The summed E-state index contributed by atoms with van der Waals surface area (Å²) >= 11 is 0. The third-order valence-corrected chi connectivity index (χ3v) is 18.2. The zero-order chi connectivity index (χ0) is 65.7. The molecule has 18 aromatic rings. The Labute approximate surface area is 569 Å². The quantitative estimate of drug-likeness (QED) is 0.120. The van der Waals surface area contributed by atoms with Gasteiger partial charge in [-0.2, -0.15) is 0 Å². The molecule has 0 aliphatic heterocycles. The molecule has 6 heteroatoms. The summed E-state index contributed by atoms with van der Waals surface area (Å²) in [5.41, 5.74) is 21.9. The molecule has 18 rings (SSSR count). The van der Waals surface area contributed by atoms with E-state index in [1.807, 2.05) is 72.8 Å². The molecule has 0 spiro atoms. The van der Waals surface area contributed by atoms with Crippen LogP contribution in [0.1, 0.15) is 11.1 Å². The maximum absolute atomic E-state index is 6.46. The zero-order valence-electron chi connectivity index (χ0n) is 54.2. The van der Waals surface area contributed by atoms with Crippen LogP contribution in [-0.4, -0.2) is 9.97 Å². The molecule has 98 heavy (non-hydrogen) atoms. The minimum atomic E-state index is 0.638. The van der Waals surface area contributed by atoms with Gasteiger partial charge in [0.2, 0.25) is 11.8 Å². The highest BCUT2D eigenvalue weighted by molar-refractivity contribution is 6.19. The van der Waals surface area contributed by atoms with Crippen molar-refractivity contribution in [3.63, 3.8) is 0 Å². The number of hydrogen-bond acceptors (Lipinski definition) is 6. The average Bonchev–Trinajstić information content (AvgIpc) is 1.46. The number of fused-ring (bicyclic) bond motifs is 10. The summed E-state index contributed by atoms with van der Waals surface area (Å²) in [4.78, 5) is 14.1. The monoisotopic (exact) mass is 1260 g/mol. The Hall–Kier alpha value is -12.9. The number of aromatic nitrogens is 2. The maximum atomic E-state index is 6.46. The molecule has 0 saturated heterocycles. The molecular formula is C92H66N4O2. The number of rotatable bonds is 11. The van der Waals surface area contributed by atoms with Crippen LogP contribution in [0.2, 0.25) is 0 Å². The van der Waals surface area contributed by atoms with E-state index in [0.717, 1.165) is 100 Å². The molecule has 466 valence electrons. The largest absolute Gasteiger partial charge is 0.435 e. The van der Waals surface area contributed by atoms with Crippen LogP contribution >= 0.6 is 0 Å². The lowest BCUT2D eigenvalue weighted by Crippen LogP contribution is -2.09. The van der Waals surface area contributed by atoms with E-state index in [9.17, 15) is 0 Å². The Morgan fingerprint density at radius 2 is 0.500 bits per heavy atom. The number of nitrogens with zero attached hydrogens (tertiary/aromatic N) is 4. The molecule has 0 aliphatic carbocycles. The summed E-state index contributed by atoms with van der Waals surface area (Å²) < 4.78 is 12.7. The van der Waals surface area contributed by atoms with Crippen molar-refractivity contribution in [2.24, 2.45) is 0 Å². The Morgan fingerprint density at radius 1 is 0.224 bits per heavy atom. The van der Waals surface area contributed by atoms with E-state index in [1.54, 1.807) is 0 Å². The number of benzene rings is 16. The topological polar surface area (TPSA) is 58.5 Å². The van der Waals surface area contributed by atoms with Gasteiger partial charge in [-0.05, 0) is 195 Å². The van der Waals surface area contributed by atoms with Crippen molar-refractivity contribution in [3.05, 3.63) is 375 Å². The highest BCUT2D eigenvalue weighted by atomic mass is 16.4. The van der Waals surface area contributed by atoms with Gasteiger partial charge in [0.1, 0.15) is 11.0 Å². The molecule has 2 heterocycles. The van der Waals surface area contributed by atoms with Crippen LogP contribution in [0.5, 0.6) is 0 Å². The SMILES string of the molecule is Cc1ccc(N(c2ccccc2)c2ccc(-c3ccccc3)cc2)cc1.Cc1ccc2ccc3ccc4nc(-c5ccccc5)oc4c3c2c1.c1ccc(-c2ccc(N(c3ccccc3)c3ccc(-c4ccc5ccc6ccc7nc(-c8ccccc8)oc7c6c5c4)cc3)cc2)cc1. The lowest BCUT2D eigenvalue weighted by Gasteiger charge is -2.26. The fourth-order valence-electron chi connectivity index (χ4n) is 13.2. The Morgan fingerprint density at radius 3 is 0.908 bits per heavy atom. The second kappa shape index (κ2) is 26.8. The van der Waals surface area contributed by atoms with Crippen LogP contribution in [-0.2, 0) is 0 Å². The molecule has 2 aromatic heterocycles. The zero-order valence-corrected chi connectivity index (χ0v) is 54.2. The van der Waals surface area contributed by atoms with Crippen molar-refractivity contribution >= 4 is 99.4 Å². The molecule has 0 N–H and O–H groups in total. The van der Waals surface area contributed by atoms with Gasteiger partial charge in [-0.3, -0.25) is 0 Å². The predicted octanol–water partition coefficient (Wildman–Crippen LogP) is 25.8. The summed E-state index contributed by atoms with van der Waals surface area (Å²) in [7, 11) is 0. The fraction of sp³-hybridized carbons (Fsp3) is 0.0217. The van der Waals surface area contributed by atoms with Crippen molar-refractivity contribution in [2.75, 3.05) is 9.80 Å². The summed E-state index contributed by atoms with van der Waals surface area (Å²) in [6.45, 7) is 4.24. The lowest BCUT2D eigenvalue weighted by molar-refractivity contribution is 0.623. The lowest BCUT2D eigenvalue weighted by atomic mass is 9.96. The highest BCUT2D eigenvalue weighted by Crippen LogP contribution is 2.42. The third-order valence-electron chi connectivity index (χ3n) is 18.2. The number of para-hydroxylation sites is 2. The van der Waals surface area contributed by atoms with Gasteiger partial charge in [-0.1, -0.05) is 260 Å². The van der Waals surface area contributed by atoms with Crippen LogP contribution < -0.4 is 9.80 Å². The van der Waals surface area contributed by atoms with Crippen LogP contribution in [0.25, 0.3) is 122 Å². The number of oxazole rings is 2. The van der Waals surface area contributed by atoms with Gasteiger partial charge in [0, 0.05) is 56.0 Å². The van der Waals surface area contributed by atoms with Crippen molar-refractivity contribution in [3.8, 4) is 56.3 Å². The second-order valence-corrected chi connectivity index (χ2v) is 24.6. The van der Waals surface area contributed by atoms with E-state index in [1.165, 1.54) is 54.9 Å². The minimum absolute atomic E-state index is 0.638. The predicted molar refractivity (Wildman–Crippen MR) is 411 cm³/mol. The van der Waals surface area contributed by atoms with Gasteiger partial charge < -0.3 is 18.6 Å². The van der Waals surface area contributed by atoms with Crippen LogP contribution in [0.4, 0.5) is 34.1 Å². The molecule has 0 aliphatic rings. The highest BCUT2D eigenvalue weighted by Gasteiger charge is 2.19. The molecule has 0 atom stereocenters. The van der Waals surface area contributed by atoms with Crippen molar-refractivity contribution in [1.29, 1.82) is 0 Å². The molecule has 0 amide bonds. The van der Waals surface area contributed by atoms with E-state index >= 15 is 0 Å². The van der Waals surface area contributed by atoms with Gasteiger partial charge in [-0.15, -0.1) is 0 Å². The number of hydrogen-bond donors (Lipinski definition) is 0. The van der Waals surface area contributed by atoms with Gasteiger partial charge >= 0.3 is 0 Å². The first-order valence-electron chi connectivity index (χ1n) is 33.2. The van der Waals surface area contributed by atoms with Crippen molar-refractivity contribution in [1.82, 2.24) is 9.97 Å². The van der Waals surface area contributed by atoms with Crippen LogP contribution in [0, 0.1) is 13.8 Å². The number of anilines is 6. The first-order valence-corrected chi connectivity index (χ1v) is 33.2. The minimum Gasteiger partial charge on any atom is -0.435 e. The standard InChI is InChI=1S/C45H30N2O.C25H21N.C22H15NO/c1-4-10-31(11-5-1)32-20-25-39(26-21-32)47(38-14-8-3-9-15-38)40-27-22-33(23-28-40)37-19-17-34-16-18-35-24-29-42-44(43(35)41(34)30-37)48-45(46-42)36-12-6-2-7-13-36;1-20-12-16-24(17-13-20)26(23-10-6-3-7-11-23)25-18-14-22(15-19-25)21-8-4-2-5-9-21;1-14-7-8-15-9-10-16-11-12-19-21(20(16)18(15)13-14)24-22(23-19)17-5-3-2-4-6-17/h1-30H;2-19H,1H3;2-13H,1H3. The average molecular weight is 1260 g/mol. The van der Waals surface area contributed by atoms with E-state index < -0.39 is 0 Å². The molecule has 0 radical (unpaired) electrons. The van der Waals surface area contributed by atoms with Gasteiger partial charge in [0.25, 0.3) is 0 Å². The summed E-state index contributed by atoms with van der Waals surface area (Å²) in [6, 6.07) is 127. The van der Waals surface area contributed by atoms with E-state index in [2.05, 4.69) is 315 Å². The fourth-order valence-corrected chi connectivity index (χ4v) is 13.2. The van der Waals surface area contributed by atoms with Crippen LogP contribution in [0.15, 0.2) is 373 Å². The number of aryl methyl sites for hydroxylation is 2. The van der Waals surface area contributed by atoms with Crippen molar-refractivity contribution < 1.29 is 8.83 Å². The van der Waals surface area contributed by atoms with Gasteiger partial charge in [-0.25, -0.2) is 9.97 Å². The first kappa shape index (κ1) is 60.1. The first-order chi connectivity index (χ1) is 48.4. The van der Waals surface area contributed by atoms with Gasteiger partial charge in [0.05, 0.1) is 0 Å². The normalized spacial score (nSPS) is 11.2. The Bertz CT molecular complexity index is 5770. The second-order valence-electron chi connectivity index (χ2n) is 24.6. The molecule has 6 nitrogen and oxygen atoms in total. The smallest absolute Gasteiger partial charge is 0.227 e. The Kier molecular flexibility index (Phi) is 16.5. The molecular weight excluding hydrogens is 1190 g/mol. The van der Waals surface area contributed by atoms with E-state index in [-0.39, 0.29) is 0 Å². The Balaban J connectivity index is 0.000000126. The summed E-state index contributed by atoms with van der Waals surface area (Å²) in [5.74, 6) is 1.31. The van der Waals surface area contributed by atoms with E-state index in [4.69, 9.17) is 18.8 Å². The third kappa shape index (κ3) is 12.3.